The van der Waals surface area contributed by atoms with E-state index in [0.717, 1.165) is 18.8 Å². The van der Waals surface area contributed by atoms with Crippen LogP contribution in [-0.2, 0) is 0 Å². The van der Waals surface area contributed by atoms with Gasteiger partial charge in [0, 0.05) is 13.1 Å². The van der Waals surface area contributed by atoms with Gasteiger partial charge in [-0.1, -0.05) is 12.8 Å². The fraction of sp³-hybridized carbons (Fsp3) is 0.500. The predicted molar refractivity (Wildman–Crippen MR) is 61.5 cm³/mol. The molecule has 0 bridgehead atoms. The molecular formula is C12H17ClFN2-. The first-order valence-electron chi connectivity index (χ1n) is 5.57. The highest BCUT2D eigenvalue weighted by Crippen LogP contribution is 2.26. The fourth-order valence-electron chi connectivity index (χ4n) is 2.12. The van der Waals surface area contributed by atoms with Gasteiger partial charge in [0.2, 0.25) is 0 Å². The zero-order valence-corrected chi connectivity index (χ0v) is 10.0. The Kier molecular flexibility index (Phi) is 4.87. The zero-order chi connectivity index (χ0) is 10.7. The van der Waals surface area contributed by atoms with Crippen LogP contribution < -0.4 is 23.0 Å². The van der Waals surface area contributed by atoms with Gasteiger partial charge in [0.25, 0.3) is 0 Å². The third-order valence-corrected chi connectivity index (χ3v) is 2.94. The Morgan fingerprint density at radius 2 is 1.69 bits per heavy atom. The van der Waals surface area contributed by atoms with Crippen LogP contribution in [0.1, 0.15) is 25.7 Å². The molecule has 1 fully saturated rings. The molecule has 1 aromatic rings. The van der Waals surface area contributed by atoms with Crippen LogP contribution in [0.3, 0.4) is 0 Å². The summed E-state index contributed by atoms with van der Waals surface area (Å²) in [6.45, 7) is 2.08. The summed E-state index contributed by atoms with van der Waals surface area (Å²) in [5.41, 5.74) is 7.36. The van der Waals surface area contributed by atoms with Crippen molar-refractivity contribution in [3.8, 4) is 0 Å². The maximum atomic E-state index is 12.9. The van der Waals surface area contributed by atoms with Crippen LogP contribution in [0.4, 0.5) is 15.8 Å². The minimum Gasteiger partial charge on any atom is -1.00 e. The van der Waals surface area contributed by atoms with E-state index in [1.54, 1.807) is 6.07 Å². The summed E-state index contributed by atoms with van der Waals surface area (Å²) in [4.78, 5) is 2.27. The number of hydrogen-bond acceptors (Lipinski definition) is 2. The van der Waals surface area contributed by atoms with Crippen molar-refractivity contribution in [1.82, 2.24) is 0 Å². The minimum absolute atomic E-state index is 0. The van der Waals surface area contributed by atoms with Gasteiger partial charge in [0.1, 0.15) is 5.82 Å². The smallest absolute Gasteiger partial charge is 0.125 e. The number of anilines is 2. The molecule has 90 valence electrons. The Balaban J connectivity index is 0.00000128. The van der Waals surface area contributed by atoms with Crippen LogP contribution in [-0.4, -0.2) is 13.1 Å². The van der Waals surface area contributed by atoms with Crippen molar-refractivity contribution in [3.05, 3.63) is 24.0 Å². The van der Waals surface area contributed by atoms with Gasteiger partial charge >= 0.3 is 0 Å². The maximum Gasteiger partial charge on any atom is 0.125 e. The molecule has 1 aliphatic rings. The number of hydrogen-bond donors (Lipinski definition) is 1. The van der Waals surface area contributed by atoms with Gasteiger partial charge in [-0.15, -0.1) is 0 Å². The number of nitrogen functional groups attached to an aromatic ring is 1. The van der Waals surface area contributed by atoms with Gasteiger partial charge in [-0.3, -0.25) is 0 Å². The van der Waals surface area contributed by atoms with E-state index in [4.69, 9.17) is 5.73 Å². The number of nitrogens with two attached hydrogens (primary N) is 1. The van der Waals surface area contributed by atoms with Crippen molar-refractivity contribution in [3.63, 3.8) is 0 Å². The second-order valence-electron chi connectivity index (χ2n) is 4.10. The average Bonchev–Trinajstić information content (AvgIpc) is 2.46. The first-order valence-corrected chi connectivity index (χ1v) is 5.57. The van der Waals surface area contributed by atoms with E-state index in [9.17, 15) is 4.39 Å². The Bertz CT molecular complexity index is 336. The summed E-state index contributed by atoms with van der Waals surface area (Å²) in [7, 11) is 0. The highest BCUT2D eigenvalue weighted by atomic mass is 35.5. The monoisotopic (exact) mass is 243 g/mol. The van der Waals surface area contributed by atoms with E-state index in [0.29, 0.717) is 5.69 Å². The predicted octanol–water partition coefficient (Wildman–Crippen LogP) is -0.208. The molecular weight excluding hydrogens is 227 g/mol. The molecule has 0 radical (unpaired) electrons. The van der Waals surface area contributed by atoms with Gasteiger partial charge < -0.3 is 23.0 Å². The summed E-state index contributed by atoms with van der Waals surface area (Å²) in [6, 6.07) is 4.67. The zero-order valence-electron chi connectivity index (χ0n) is 9.26. The average molecular weight is 244 g/mol. The SMILES string of the molecule is Nc1cc(F)ccc1N1CCCCCC1.[Cl-]. The Morgan fingerprint density at radius 1 is 1.06 bits per heavy atom. The molecule has 0 unspecified atom stereocenters. The van der Waals surface area contributed by atoms with E-state index in [-0.39, 0.29) is 18.2 Å². The molecule has 1 heterocycles. The molecule has 0 aromatic heterocycles. The molecule has 4 heteroatoms. The molecule has 1 aliphatic heterocycles. The molecule has 0 saturated carbocycles. The van der Waals surface area contributed by atoms with E-state index in [2.05, 4.69) is 4.90 Å². The number of halogens is 2. The van der Waals surface area contributed by atoms with E-state index in [1.807, 2.05) is 0 Å². The van der Waals surface area contributed by atoms with Crippen LogP contribution in [0.25, 0.3) is 0 Å². The Hall–Kier alpha value is -0.960. The van der Waals surface area contributed by atoms with Crippen LogP contribution in [0.5, 0.6) is 0 Å². The number of benzene rings is 1. The lowest BCUT2D eigenvalue weighted by Gasteiger charge is -2.24. The highest BCUT2D eigenvalue weighted by Gasteiger charge is 2.12. The van der Waals surface area contributed by atoms with E-state index >= 15 is 0 Å². The molecule has 2 N–H and O–H groups in total. The van der Waals surface area contributed by atoms with Crippen molar-refractivity contribution >= 4 is 11.4 Å². The van der Waals surface area contributed by atoms with Crippen molar-refractivity contribution < 1.29 is 16.8 Å². The maximum absolute atomic E-state index is 12.9. The normalized spacial score (nSPS) is 16.4. The van der Waals surface area contributed by atoms with Gasteiger partial charge in [-0.2, -0.15) is 0 Å². The van der Waals surface area contributed by atoms with Crippen LogP contribution in [0.2, 0.25) is 0 Å². The lowest BCUT2D eigenvalue weighted by Crippen LogP contribution is -3.00. The number of nitrogens with zero attached hydrogens (tertiary/aromatic N) is 1. The second kappa shape index (κ2) is 5.94. The van der Waals surface area contributed by atoms with E-state index < -0.39 is 0 Å². The minimum atomic E-state index is -0.258. The topological polar surface area (TPSA) is 29.3 Å². The molecule has 16 heavy (non-hydrogen) atoms. The summed E-state index contributed by atoms with van der Waals surface area (Å²) in [5.74, 6) is -0.258. The van der Waals surface area contributed by atoms with Crippen molar-refractivity contribution in [2.45, 2.75) is 25.7 Å². The van der Waals surface area contributed by atoms with Crippen molar-refractivity contribution in [1.29, 1.82) is 0 Å². The van der Waals surface area contributed by atoms with Gasteiger partial charge in [-0.25, -0.2) is 4.39 Å². The molecule has 0 atom stereocenters. The molecule has 0 aliphatic carbocycles. The van der Waals surface area contributed by atoms with Gasteiger partial charge in [0.05, 0.1) is 11.4 Å². The van der Waals surface area contributed by atoms with Crippen LogP contribution in [0, 0.1) is 5.82 Å². The lowest BCUT2D eigenvalue weighted by atomic mass is 10.2. The van der Waals surface area contributed by atoms with Gasteiger partial charge in [0.15, 0.2) is 0 Å². The van der Waals surface area contributed by atoms with Crippen molar-refractivity contribution in [2.24, 2.45) is 0 Å². The molecule has 1 aromatic carbocycles. The number of rotatable bonds is 1. The molecule has 2 rings (SSSR count). The molecule has 0 amide bonds. The second-order valence-corrected chi connectivity index (χ2v) is 4.10. The molecule has 1 saturated heterocycles. The quantitative estimate of drug-likeness (QED) is 0.692. The summed E-state index contributed by atoms with van der Waals surface area (Å²) in [5, 5.41) is 0. The molecule has 0 spiro atoms. The third-order valence-electron chi connectivity index (χ3n) is 2.94. The fourth-order valence-corrected chi connectivity index (χ4v) is 2.12. The lowest BCUT2D eigenvalue weighted by molar-refractivity contribution is -0.00000372. The highest BCUT2D eigenvalue weighted by molar-refractivity contribution is 5.67. The van der Waals surface area contributed by atoms with Crippen LogP contribution >= 0.6 is 0 Å². The van der Waals surface area contributed by atoms with Gasteiger partial charge in [-0.05, 0) is 31.0 Å². The summed E-state index contributed by atoms with van der Waals surface area (Å²) in [6.07, 6.45) is 4.99. The first kappa shape index (κ1) is 13.1. The summed E-state index contributed by atoms with van der Waals surface area (Å²) < 4.78 is 12.9. The Morgan fingerprint density at radius 3 is 2.25 bits per heavy atom. The Labute approximate surface area is 102 Å². The van der Waals surface area contributed by atoms with Crippen molar-refractivity contribution in [2.75, 3.05) is 23.7 Å². The largest absolute Gasteiger partial charge is 1.00 e. The van der Waals surface area contributed by atoms with Crippen LogP contribution in [0.15, 0.2) is 18.2 Å². The summed E-state index contributed by atoms with van der Waals surface area (Å²) >= 11 is 0. The first-order chi connectivity index (χ1) is 7.27. The standard InChI is InChI=1S/C12H17FN2.ClH/c13-10-5-6-12(11(14)9-10)15-7-3-1-2-4-8-15;/h5-6,9H,1-4,7-8,14H2;1H/p-1. The molecule has 2 nitrogen and oxygen atoms in total. The van der Waals surface area contributed by atoms with E-state index in [1.165, 1.54) is 37.8 Å². The third kappa shape index (κ3) is 3.01.